The molecule has 0 saturated heterocycles. The van der Waals surface area contributed by atoms with E-state index in [9.17, 15) is 5.26 Å². The van der Waals surface area contributed by atoms with Crippen molar-refractivity contribution in [1.82, 2.24) is 9.13 Å². The van der Waals surface area contributed by atoms with Crippen LogP contribution in [0.5, 0.6) is 0 Å². The lowest BCUT2D eigenvalue weighted by Crippen LogP contribution is -2.11. The van der Waals surface area contributed by atoms with Crippen LogP contribution in [0.15, 0.2) is 127 Å². The fourth-order valence-electron chi connectivity index (χ4n) is 7.22. The van der Waals surface area contributed by atoms with Gasteiger partial charge in [-0.1, -0.05) is 114 Å². The van der Waals surface area contributed by atoms with Gasteiger partial charge >= 0.3 is 0 Å². The van der Waals surface area contributed by atoms with Crippen LogP contribution in [0.25, 0.3) is 66.1 Å². The topological polar surface area (TPSA) is 33.6 Å². The predicted octanol–water partition coefficient (Wildman–Crippen LogP) is 12.0. The number of hydrogen-bond acceptors (Lipinski definition) is 1. The van der Waals surface area contributed by atoms with Crippen LogP contribution in [0, 0.1) is 11.3 Å². The molecule has 0 fully saturated rings. The van der Waals surface area contributed by atoms with Crippen molar-refractivity contribution in [2.24, 2.45) is 0 Å². The van der Waals surface area contributed by atoms with Gasteiger partial charge in [0, 0.05) is 32.9 Å². The van der Waals surface area contributed by atoms with Crippen LogP contribution in [0.2, 0.25) is 0 Å². The molecule has 0 amide bonds. The molecule has 6 aromatic carbocycles. The fraction of sp³-hybridized carbons (Fsp3) is 0.178. The quantitative estimate of drug-likeness (QED) is 0.193. The number of fused-ring (bicyclic) bond motifs is 6. The number of rotatable bonds is 3. The molecule has 2 heterocycles. The summed E-state index contributed by atoms with van der Waals surface area (Å²) in [5, 5.41) is 14.8. The Morgan fingerprint density at radius 1 is 0.438 bits per heavy atom. The van der Waals surface area contributed by atoms with Crippen molar-refractivity contribution in [3.63, 3.8) is 0 Å². The van der Waals surface area contributed by atoms with Crippen LogP contribution in [-0.4, -0.2) is 9.13 Å². The van der Waals surface area contributed by atoms with Gasteiger partial charge in [-0.25, -0.2) is 0 Å². The summed E-state index contributed by atoms with van der Waals surface area (Å²) >= 11 is 0. The van der Waals surface area contributed by atoms with E-state index in [0.29, 0.717) is 5.56 Å². The molecule has 0 saturated carbocycles. The van der Waals surface area contributed by atoms with E-state index in [1.54, 1.807) is 0 Å². The van der Waals surface area contributed by atoms with Gasteiger partial charge in [-0.05, 0) is 87.7 Å². The fourth-order valence-corrected chi connectivity index (χ4v) is 7.22. The Morgan fingerprint density at radius 2 is 0.917 bits per heavy atom. The van der Waals surface area contributed by atoms with Crippen LogP contribution in [0.4, 0.5) is 0 Å². The predicted molar refractivity (Wildman–Crippen MR) is 203 cm³/mol. The zero-order valence-electron chi connectivity index (χ0n) is 28.5. The van der Waals surface area contributed by atoms with E-state index in [-0.39, 0.29) is 10.8 Å². The molecule has 3 heteroatoms. The molecule has 3 nitrogen and oxygen atoms in total. The molecule has 0 radical (unpaired) electrons. The first kappa shape index (κ1) is 29.8. The standard InChI is InChI=1S/C45H39N3/c1-44(2,3)32-18-20-38-36-14-7-9-16-40(36)47(42(38)25-32)34-23-31(30-13-11-12-29(22-30)28-46)24-35(27-34)48-41-17-10-8-15-37(41)39-21-19-33(26-43(39)48)45(4,5)6/h7-27H,1-6H3. The van der Waals surface area contributed by atoms with Crippen molar-refractivity contribution in [3.8, 4) is 28.6 Å². The van der Waals surface area contributed by atoms with E-state index in [1.165, 1.54) is 54.7 Å². The highest BCUT2D eigenvalue weighted by Crippen LogP contribution is 2.40. The molecule has 0 atom stereocenters. The third-order valence-electron chi connectivity index (χ3n) is 9.82. The van der Waals surface area contributed by atoms with Gasteiger partial charge in [-0.2, -0.15) is 5.26 Å². The van der Waals surface area contributed by atoms with E-state index in [0.717, 1.165) is 22.5 Å². The SMILES string of the molecule is CC(C)(C)c1ccc2c3ccccc3n(-c3cc(-c4cccc(C#N)c4)cc(-n4c5ccccc5c5ccc(C(C)(C)C)cc54)c3)c2c1. The summed E-state index contributed by atoms with van der Waals surface area (Å²) in [7, 11) is 0. The van der Waals surface area contributed by atoms with E-state index < -0.39 is 0 Å². The second-order valence-electron chi connectivity index (χ2n) is 15.1. The van der Waals surface area contributed by atoms with Crippen molar-refractivity contribution in [2.45, 2.75) is 52.4 Å². The smallest absolute Gasteiger partial charge is 0.0991 e. The van der Waals surface area contributed by atoms with Gasteiger partial charge in [0.05, 0.1) is 33.7 Å². The molecule has 2 aromatic heterocycles. The number of benzene rings is 6. The summed E-state index contributed by atoms with van der Waals surface area (Å²) in [6, 6.07) is 48.5. The summed E-state index contributed by atoms with van der Waals surface area (Å²) in [5.41, 5.74) is 12.2. The van der Waals surface area contributed by atoms with Crippen molar-refractivity contribution in [1.29, 1.82) is 5.26 Å². The molecular formula is C45H39N3. The number of hydrogen-bond donors (Lipinski definition) is 0. The van der Waals surface area contributed by atoms with Gasteiger partial charge in [0.25, 0.3) is 0 Å². The van der Waals surface area contributed by atoms with Gasteiger partial charge < -0.3 is 9.13 Å². The molecule has 8 rings (SSSR count). The molecule has 0 N–H and O–H groups in total. The van der Waals surface area contributed by atoms with Crippen LogP contribution in [-0.2, 0) is 10.8 Å². The average Bonchev–Trinajstić information content (AvgIpc) is 3.59. The van der Waals surface area contributed by atoms with Crippen LogP contribution in [0.1, 0.15) is 58.2 Å². The highest BCUT2D eigenvalue weighted by Gasteiger charge is 2.21. The minimum atomic E-state index is 0.00789. The highest BCUT2D eigenvalue weighted by atomic mass is 15.0. The highest BCUT2D eigenvalue weighted by molar-refractivity contribution is 6.11. The molecule has 0 aliphatic heterocycles. The van der Waals surface area contributed by atoms with Gasteiger partial charge in [0.15, 0.2) is 0 Å². The van der Waals surface area contributed by atoms with Crippen LogP contribution < -0.4 is 0 Å². The Balaban J connectivity index is 1.51. The molecule has 0 bridgehead atoms. The zero-order chi connectivity index (χ0) is 33.4. The molecule has 0 unspecified atom stereocenters. The third kappa shape index (κ3) is 4.79. The number of para-hydroxylation sites is 2. The Kier molecular flexibility index (Phi) is 6.65. The molecule has 0 aliphatic rings. The minimum Gasteiger partial charge on any atom is -0.309 e. The first-order valence-corrected chi connectivity index (χ1v) is 16.7. The summed E-state index contributed by atoms with van der Waals surface area (Å²) < 4.78 is 4.85. The maximum atomic E-state index is 9.82. The molecule has 8 aromatic rings. The average molecular weight is 622 g/mol. The number of nitriles is 1. The Morgan fingerprint density at radius 3 is 1.40 bits per heavy atom. The lowest BCUT2D eigenvalue weighted by atomic mass is 9.86. The maximum Gasteiger partial charge on any atom is 0.0991 e. The monoisotopic (exact) mass is 621 g/mol. The Bertz CT molecular complexity index is 2440. The Labute approximate surface area is 282 Å². The normalized spacial score (nSPS) is 12.4. The summed E-state index contributed by atoms with van der Waals surface area (Å²) in [6.45, 7) is 13.6. The summed E-state index contributed by atoms with van der Waals surface area (Å²) in [6.07, 6.45) is 0. The number of aromatic nitrogens is 2. The van der Waals surface area contributed by atoms with E-state index in [1.807, 2.05) is 18.2 Å². The van der Waals surface area contributed by atoms with E-state index in [4.69, 9.17) is 0 Å². The maximum absolute atomic E-state index is 9.82. The summed E-state index contributed by atoms with van der Waals surface area (Å²) in [5.74, 6) is 0. The van der Waals surface area contributed by atoms with Gasteiger partial charge in [0.1, 0.15) is 0 Å². The van der Waals surface area contributed by atoms with Crippen LogP contribution >= 0.6 is 0 Å². The second kappa shape index (κ2) is 10.7. The first-order chi connectivity index (χ1) is 23.0. The first-order valence-electron chi connectivity index (χ1n) is 16.7. The van der Waals surface area contributed by atoms with Gasteiger partial charge in [-0.15, -0.1) is 0 Å². The van der Waals surface area contributed by atoms with Gasteiger partial charge in [0.2, 0.25) is 0 Å². The van der Waals surface area contributed by atoms with Crippen molar-refractivity contribution < 1.29 is 0 Å². The molecule has 48 heavy (non-hydrogen) atoms. The summed E-state index contributed by atoms with van der Waals surface area (Å²) in [4.78, 5) is 0. The Hall–Kier alpha value is -5.59. The van der Waals surface area contributed by atoms with Crippen molar-refractivity contribution >= 4 is 43.6 Å². The van der Waals surface area contributed by atoms with E-state index >= 15 is 0 Å². The largest absolute Gasteiger partial charge is 0.309 e. The van der Waals surface area contributed by atoms with Crippen molar-refractivity contribution in [3.05, 3.63) is 144 Å². The molecule has 0 aliphatic carbocycles. The lowest BCUT2D eigenvalue weighted by molar-refractivity contribution is 0.590. The molecule has 0 spiro atoms. The third-order valence-corrected chi connectivity index (χ3v) is 9.82. The van der Waals surface area contributed by atoms with E-state index in [2.05, 4.69) is 166 Å². The second-order valence-corrected chi connectivity index (χ2v) is 15.1. The lowest BCUT2D eigenvalue weighted by Gasteiger charge is -2.21. The molecule has 234 valence electrons. The van der Waals surface area contributed by atoms with Gasteiger partial charge in [-0.3, -0.25) is 0 Å². The zero-order valence-corrected chi connectivity index (χ0v) is 28.5. The minimum absolute atomic E-state index is 0.00789. The molecular weight excluding hydrogens is 583 g/mol. The van der Waals surface area contributed by atoms with Crippen molar-refractivity contribution in [2.75, 3.05) is 0 Å². The van der Waals surface area contributed by atoms with Crippen LogP contribution in [0.3, 0.4) is 0 Å². The number of nitrogens with zero attached hydrogens (tertiary/aromatic N) is 3.